The Morgan fingerprint density at radius 2 is 1.58 bits per heavy atom. The maximum Gasteiger partial charge on any atom is 0.0659 e. The zero-order valence-electron chi connectivity index (χ0n) is 7.33. The molecule has 2 heteroatoms. The van der Waals surface area contributed by atoms with Gasteiger partial charge in [-0.3, -0.25) is 0 Å². The summed E-state index contributed by atoms with van der Waals surface area (Å²) in [5.74, 6) is 1.71. The molecule has 2 fully saturated rings. The van der Waals surface area contributed by atoms with Crippen LogP contribution in [0.2, 0.25) is 0 Å². The lowest BCUT2D eigenvalue weighted by atomic mass is 9.69. The molecule has 2 aliphatic carbocycles. The minimum Gasteiger partial charge on any atom is -0.229 e. The summed E-state index contributed by atoms with van der Waals surface area (Å²) in [6.45, 7) is 0. The molecule has 12 heavy (non-hydrogen) atoms. The summed E-state index contributed by atoms with van der Waals surface area (Å²) in [5.41, 5.74) is 0. The van der Waals surface area contributed by atoms with Gasteiger partial charge in [-0.25, -0.2) is 4.99 Å². The number of isothiocyanates is 1. The van der Waals surface area contributed by atoms with Crippen LogP contribution in [0.1, 0.15) is 38.5 Å². The van der Waals surface area contributed by atoms with Gasteiger partial charge in [-0.05, 0) is 49.7 Å². The Hall–Kier alpha value is -0.200. The molecule has 66 valence electrons. The Kier molecular flexibility index (Phi) is 2.57. The van der Waals surface area contributed by atoms with Crippen molar-refractivity contribution >= 4 is 17.4 Å². The third-order valence-corrected chi connectivity index (χ3v) is 3.57. The molecular formula is C10H15NS. The van der Waals surface area contributed by atoms with Gasteiger partial charge in [-0.1, -0.05) is 12.8 Å². The summed E-state index contributed by atoms with van der Waals surface area (Å²) >= 11 is 4.69. The van der Waals surface area contributed by atoms with Crippen LogP contribution in [0.4, 0.5) is 0 Å². The van der Waals surface area contributed by atoms with Crippen LogP contribution in [0.25, 0.3) is 0 Å². The zero-order valence-corrected chi connectivity index (χ0v) is 8.15. The molecule has 2 saturated carbocycles. The summed E-state index contributed by atoms with van der Waals surface area (Å²) in [7, 11) is 0. The molecule has 0 unspecified atom stereocenters. The smallest absolute Gasteiger partial charge is 0.0659 e. The van der Waals surface area contributed by atoms with Crippen molar-refractivity contribution in [2.45, 2.75) is 44.6 Å². The standard InChI is InChI=1S/C10H15NS/c12-7-11-10(8-3-1-4-8)9-5-2-6-9/h8-10H,1-6H2. The number of hydrogen-bond donors (Lipinski definition) is 0. The molecule has 0 spiro atoms. The summed E-state index contributed by atoms with van der Waals surface area (Å²) in [6.07, 6.45) is 8.31. The lowest BCUT2D eigenvalue weighted by Gasteiger charge is -2.39. The second-order valence-electron chi connectivity index (χ2n) is 4.09. The molecule has 0 saturated heterocycles. The Bertz CT molecular complexity index is 186. The molecule has 0 heterocycles. The molecule has 2 rings (SSSR count). The second-order valence-corrected chi connectivity index (χ2v) is 4.28. The van der Waals surface area contributed by atoms with Gasteiger partial charge in [0.05, 0.1) is 11.2 Å². The van der Waals surface area contributed by atoms with Crippen molar-refractivity contribution in [1.29, 1.82) is 0 Å². The molecular weight excluding hydrogens is 166 g/mol. The first-order valence-corrected chi connectivity index (χ1v) is 5.39. The predicted molar refractivity (Wildman–Crippen MR) is 53.5 cm³/mol. The van der Waals surface area contributed by atoms with Crippen molar-refractivity contribution in [2.75, 3.05) is 0 Å². The van der Waals surface area contributed by atoms with Crippen LogP contribution in [-0.4, -0.2) is 11.2 Å². The van der Waals surface area contributed by atoms with Gasteiger partial charge in [0.1, 0.15) is 0 Å². The number of nitrogens with zero attached hydrogens (tertiary/aromatic N) is 1. The third kappa shape index (κ3) is 1.46. The normalized spacial score (nSPS) is 24.4. The van der Waals surface area contributed by atoms with Crippen LogP contribution < -0.4 is 0 Å². The van der Waals surface area contributed by atoms with Gasteiger partial charge in [0.25, 0.3) is 0 Å². The zero-order chi connectivity index (χ0) is 8.39. The van der Waals surface area contributed by atoms with Crippen LogP contribution in [0, 0.1) is 11.8 Å². The fraction of sp³-hybridized carbons (Fsp3) is 0.900. The van der Waals surface area contributed by atoms with E-state index in [1.807, 2.05) is 0 Å². The highest BCUT2D eigenvalue weighted by atomic mass is 32.1. The van der Waals surface area contributed by atoms with Gasteiger partial charge in [-0.15, -0.1) is 0 Å². The molecule has 0 aromatic carbocycles. The van der Waals surface area contributed by atoms with E-state index in [9.17, 15) is 0 Å². The monoisotopic (exact) mass is 181 g/mol. The van der Waals surface area contributed by atoms with Crippen molar-refractivity contribution in [2.24, 2.45) is 16.8 Å². The maximum absolute atomic E-state index is 4.69. The highest BCUT2D eigenvalue weighted by Crippen LogP contribution is 2.41. The quantitative estimate of drug-likeness (QED) is 0.481. The first kappa shape index (κ1) is 8.40. The van der Waals surface area contributed by atoms with E-state index < -0.39 is 0 Å². The maximum atomic E-state index is 4.69. The van der Waals surface area contributed by atoms with Crippen LogP contribution in [-0.2, 0) is 0 Å². The Balaban J connectivity index is 1.95. The second kappa shape index (κ2) is 3.68. The molecule has 2 aliphatic rings. The van der Waals surface area contributed by atoms with Gasteiger partial charge in [-0.2, -0.15) is 0 Å². The number of aliphatic imine (C=N–C) groups is 1. The van der Waals surface area contributed by atoms with E-state index in [1.165, 1.54) is 38.5 Å². The average Bonchev–Trinajstić information content (AvgIpc) is 1.79. The highest BCUT2D eigenvalue weighted by molar-refractivity contribution is 7.78. The number of hydrogen-bond acceptors (Lipinski definition) is 2. The minimum absolute atomic E-state index is 0.546. The van der Waals surface area contributed by atoms with E-state index >= 15 is 0 Å². The van der Waals surface area contributed by atoms with E-state index in [-0.39, 0.29) is 0 Å². The predicted octanol–water partition coefficient (Wildman–Crippen LogP) is 3.06. The first-order chi connectivity index (χ1) is 5.92. The van der Waals surface area contributed by atoms with Crippen molar-refractivity contribution < 1.29 is 0 Å². The van der Waals surface area contributed by atoms with Gasteiger partial charge in [0.2, 0.25) is 0 Å². The van der Waals surface area contributed by atoms with Gasteiger partial charge in [0.15, 0.2) is 0 Å². The van der Waals surface area contributed by atoms with Crippen molar-refractivity contribution in [3.05, 3.63) is 0 Å². The van der Waals surface area contributed by atoms with Crippen molar-refractivity contribution in [1.82, 2.24) is 0 Å². The molecule has 0 aromatic heterocycles. The number of thiocarbonyl (C=S) groups is 1. The van der Waals surface area contributed by atoms with Crippen LogP contribution in [0.3, 0.4) is 0 Å². The van der Waals surface area contributed by atoms with E-state index in [4.69, 9.17) is 12.2 Å². The summed E-state index contributed by atoms with van der Waals surface area (Å²) in [5, 5.41) is 2.57. The van der Waals surface area contributed by atoms with Crippen molar-refractivity contribution in [3.63, 3.8) is 0 Å². The molecule has 0 amide bonds. The summed E-state index contributed by atoms with van der Waals surface area (Å²) in [4.78, 5) is 4.33. The third-order valence-electron chi connectivity index (χ3n) is 3.47. The van der Waals surface area contributed by atoms with Gasteiger partial charge >= 0.3 is 0 Å². The molecule has 0 aromatic rings. The average molecular weight is 181 g/mol. The Labute approximate surface area is 79.3 Å². The lowest BCUT2D eigenvalue weighted by Crippen LogP contribution is -2.35. The van der Waals surface area contributed by atoms with Gasteiger partial charge < -0.3 is 0 Å². The molecule has 0 bridgehead atoms. The number of rotatable bonds is 3. The first-order valence-electron chi connectivity index (χ1n) is 4.99. The minimum atomic E-state index is 0.546. The van der Waals surface area contributed by atoms with Crippen molar-refractivity contribution in [3.8, 4) is 0 Å². The summed E-state index contributed by atoms with van der Waals surface area (Å²) < 4.78 is 0. The molecule has 0 aliphatic heterocycles. The van der Waals surface area contributed by atoms with E-state index in [0.717, 1.165) is 11.8 Å². The lowest BCUT2D eigenvalue weighted by molar-refractivity contribution is 0.155. The molecule has 0 atom stereocenters. The van der Waals surface area contributed by atoms with E-state index in [2.05, 4.69) is 10.2 Å². The van der Waals surface area contributed by atoms with Crippen LogP contribution in [0.5, 0.6) is 0 Å². The fourth-order valence-corrected chi connectivity index (χ4v) is 2.34. The highest BCUT2D eigenvalue weighted by Gasteiger charge is 2.35. The SMILES string of the molecule is S=C=NC(C1CCC1)C1CCC1. The largest absolute Gasteiger partial charge is 0.229 e. The molecule has 0 radical (unpaired) electrons. The summed E-state index contributed by atoms with van der Waals surface area (Å²) in [6, 6.07) is 0.546. The Morgan fingerprint density at radius 1 is 1.08 bits per heavy atom. The van der Waals surface area contributed by atoms with Crippen LogP contribution in [0.15, 0.2) is 4.99 Å². The van der Waals surface area contributed by atoms with Crippen LogP contribution >= 0.6 is 12.2 Å². The van der Waals surface area contributed by atoms with E-state index in [0.29, 0.717) is 6.04 Å². The fourth-order valence-electron chi connectivity index (χ4n) is 2.22. The molecule has 1 nitrogen and oxygen atoms in total. The van der Waals surface area contributed by atoms with E-state index in [1.54, 1.807) is 0 Å². The molecule has 0 N–H and O–H groups in total. The topological polar surface area (TPSA) is 12.4 Å². The van der Waals surface area contributed by atoms with Gasteiger partial charge in [0, 0.05) is 0 Å². The Morgan fingerprint density at radius 3 is 1.83 bits per heavy atom.